The molecule has 0 saturated carbocycles. The summed E-state index contributed by atoms with van der Waals surface area (Å²) in [5.41, 5.74) is 29.8. The van der Waals surface area contributed by atoms with Crippen LogP contribution in [0.2, 0.25) is 0 Å². The van der Waals surface area contributed by atoms with Crippen LogP contribution in [0.4, 0.5) is 0 Å². The topological polar surface area (TPSA) is 66.8 Å². The molecule has 30 aromatic rings. The maximum atomic E-state index is 6.62. The summed E-state index contributed by atoms with van der Waals surface area (Å²) >= 11 is 5.63. The number of hydrogen-bond acceptors (Lipinski definition) is 7. The maximum Gasteiger partial charge on any atom is 0.160 e. The summed E-state index contributed by atoms with van der Waals surface area (Å²) in [6, 6.07) is 168. The van der Waals surface area contributed by atoms with E-state index in [-0.39, 0.29) is 0 Å². The first kappa shape index (κ1) is 79.2. The van der Waals surface area contributed by atoms with Crippen molar-refractivity contribution < 1.29 is 8.83 Å². The highest BCUT2D eigenvalue weighted by Crippen LogP contribution is 2.52. The van der Waals surface area contributed by atoms with Gasteiger partial charge < -0.3 is 22.5 Å². The molecule has 7 nitrogen and oxygen atoms in total. The summed E-state index contributed by atoms with van der Waals surface area (Å²) in [4.78, 5) is 10.1. The monoisotopic (exact) mass is 1810 g/mol. The normalized spacial score (nSPS) is 11.9. The zero-order chi connectivity index (χ0) is 90.6. The van der Waals surface area contributed by atoms with Crippen LogP contribution in [-0.4, -0.2) is 23.7 Å². The Bertz CT molecular complexity index is 10000. The van der Waals surface area contributed by atoms with Crippen molar-refractivity contribution in [3.63, 3.8) is 0 Å². The first-order chi connectivity index (χ1) is 68.4. The van der Waals surface area contributed by atoms with Gasteiger partial charge in [-0.3, -0.25) is 0 Å². The number of hydrogen-bond donors (Lipinski definition) is 0. The largest absolute Gasteiger partial charge is 0.455 e. The van der Waals surface area contributed by atoms with Gasteiger partial charge >= 0.3 is 0 Å². The summed E-state index contributed by atoms with van der Waals surface area (Å²) in [5.74, 6) is 0.734. The lowest BCUT2D eigenvalue weighted by Gasteiger charge is -2.14. The highest BCUT2D eigenvalue weighted by molar-refractivity contribution is 7.27. The Morgan fingerprint density at radius 3 is 1.17 bits per heavy atom. The van der Waals surface area contributed by atoms with Crippen molar-refractivity contribution >= 4 is 215 Å². The van der Waals surface area contributed by atoms with Gasteiger partial charge in [0.1, 0.15) is 22.3 Å². The summed E-state index contributed by atoms with van der Waals surface area (Å²) in [6.07, 6.45) is 0. The molecule has 21 aromatic carbocycles. The zero-order valence-electron chi connectivity index (χ0n) is 74.2. The molecular weight excluding hydrogens is 1740 g/mol. The molecule has 644 valence electrons. The third-order valence-electron chi connectivity index (χ3n) is 27.7. The summed E-state index contributed by atoms with van der Waals surface area (Å²) in [6.45, 7) is 0. The van der Waals surface area contributed by atoms with Crippen LogP contribution in [0.25, 0.3) is 276 Å². The molecule has 0 unspecified atom stereocenters. The average Bonchev–Trinajstić information content (AvgIpc) is 1.55. The molecule has 0 aliphatic carbocycles. The second kappa shape index (κ2) is 32.2. The van der Waals surface area contributed by atoms with Crippen LogP contribution in [0.3, 0.4) is 0 Å². The molecule has 0 spiro atoms. The van der Waals surface area contributed by atoms with E-state index in [9.17, 15) is 0 Å². The minimum absolute atomic E-state index is 0.734. The van der Waals surface area contributed by atoms with Crippen molar-refractivity contribution in [3.8, 4) is 95.3 Å². The van der Waals surface area contributed by atoms with Crippen LogP contribution in [0, 0.1) is 0 Å². The fourth-order valence-electron chi connectivity index (χ4n) is 21.7. The Kier molecular flexibility index (Phi) is 18.5. The molecule has 10 heteroatoms. The van der Waals surface area contributed by atoms with Crippen LogP contribution in [0.1, 0.15) is 0 Å². The van der Waals surface area contributed by atoms with E-state index in [0.29, 0.717) is 0 Å². The molecule has 0 bridgehead atoms. The van der Waals surface area contributed by atoms with Crippen LogP contribution in [0.15, 0.2) is 476 Å². The molecule has 138 heavy (non-hydrogen) atoms. The second-order valence-electron chi connectivity index (χ2n) is 35.6. The molecule has 0 fully saturated rings. The molecular formula is C128H77N5O2S3. The Morgan fingerprint density at radius 1 is 0.196 bits per heavy atom. The average molecular weight is 1810 g/mol. The molecule has 0 amide bonds. The Balaban J connectivity index is 0.000000103. The van der Waals surface area contributed by atoms with E-state index in [0.717, 1.165) is 111 Å². The zero-order valence-corrected chi connectivity index (χ0v) is 76.7. The van der Waals surface area contributed by atoms with Gasteiger partial charge in [-0.25, -0.2) is 9.97 Å². The van der Waals surface area contributed by atoms with Gasteiger partial charge in [0.2, 0.25) is 0 Å². The lowest BCUT2D eigenvalue weighted by Crippen LogP contribution is -1.97. The molecule has 0 saturated heterocycles. The minimum atomic E-state index is 0.734. The highest BCUT2D eigenvalue weighted by atomic mass is 32.1. The number of nitrogens with zero attached hydrogens (tertiary/aromatic N) is 5. The number of thiophene rings is 3. The van der Waals surface area contributed by atoms with Gasteiger partial charge in [0.05, 0.1) is 44.3 Å². The molecule has 0 radical (unpaired) electrons. The van der Waals surface area contributed by atoms with Gasteiger partial charge in [0.25, 0.3) is 0 Å². The Morgan fingerprint density at radius 2 is 0.594 bits per heavy atom. The smallest absolute Gasteiger partial charge is 0.160 e. The molecule has 9 aromatic heterocycles. The van der Waals surface area contributed by atoms with Crippen molar-refractivity contribution in [2.45, 2.75) is 0 Å². The second-order valence-corrected chi connectivity index (χ2v) is 38.8. The number of benzene rings is 21. The van der Waals surface area contributed by atoms with Crippen molar-refractivity contribution in [2.24, 2.45) is 0 Å². The number of rotatable bonds is 10. The number of aromatic nitrogens is 5. The third kappa shape index (κ3) is 12.8. The van der Waals surface area contributed by atoms with Crippen LogP contribution in [-0.2, 0) is 0 Å². The summed E-state index contributed by atoms with van der Waals surface area (Å²) < 4.78 is 28.5. The molecule has 0 atom stereocenters. The van der Waals surface area contributed by atoms with E-state index in [4.69, 9.17) is 18.8 Å². The third-order valence-corrected chi connectivity index (χ3v) is 31.2. The highest BCUT2D eigenvalue weighted by Gasteiger charge is 2.27. The van der Waals surface area contributed by atoms with E-state index < -0.39 is 0 Å². The molecule has 9 heterocycles. The van der Waals surface area contributed by atoms with Gasteiger partial charge in [-0.05, 0) is 172 Å². The van der Waals surface area contributed by atoms with E-state index in [1.807, 2.05) is 70.4 Å². The van der Waals surface area contributed by atoms with Gasteiger partial charge in [0, 0.05) is 159 Å². The number of para-hydroxylation sites is 8. The van der Waals surface area contributed by atoms with Crippen molar-refractivity contribution in [2.75, 3.05) is 0 Å². The number of fused-ring (bicyclic) bond motifs is 28. The van der Waals surface area contributed by atoms with Gasteiger partial charge in [-0.2, -0.15) is 0 Å². The van der Waals surface area contributed by atoms with Crippen LogP contribution in [0.5, 0.6) is 0 Å². The van der Waals surface area contributed by atoms with E-state index >= 15 is 0 Å². The SMILES string of the molecule is c1ccc(-c2cc(-c3ccccc3)cc(-n3c4ccccc4c4c5c(ccc43)sc3c(-c4ccccc4)cccc35)c2)cc1.c1ccc(-c2nc(-c3cccc(-n4c5ccccc5c5ccc6sc7ccccc7c6c54)c3)c3ccccc3n2)cc1.c1ccc2c(c1)oc1c(-c3cc(-c4cccc5c4oc4ccccc45)cc(-n4c5ccccc5c5c6c(ccc54)sc4ccccc46)c3)cccc12. The van der Waals surface area contributed by atoms with E-state index in [1.54, 1.807) is 0 Å². The first-order valence-electron chi connectivity index (χ1n) is 46.7. The van der Waals surface area contributed by atoms with E-state index in [1.165, 1.54) is 165 Å². The van der Waals surface area contributed by atoms with Crippen LogP contribution < -0.4 is 0 Å². The molecule has 0 aliphatic rings. The fourth-order valence-corrected chi connectivity index (χ4v) is 25.2. The minimum Gasteiger partial charge on any atom is -0.455 e. The Labute approximate surface area is 803 Å². The number of furan rings is 2. The standard InChI is InChI=1S/C48H27NO2S.C42H27NS.C38H23N3S/c1-5-19-39-37(13-1)45-40(23-24-44-46(45)38-14-4-8-22-43(38)52-44)49(39)30-26-28(31-15-9-17-35-33-11-2-6-20-41(33)50-47(31)35)25-29(27-30)32-16-10-18-36-34-12-3-7-21-42(34)51-48(32)36;1-4-13-28(14-5-1)31-25-32(29-15-6-2-7-16-29)27-33(26-31)43-37-22-11-10-19-35(37)40-38(43)23-24-39-41(40)36-21-12-20-34(42(36)44-39)30-17-8-3-9-18-30;1-2-11-24(12-3-1)38-39-31-18-7-4-16-29(31)36(40-38)25-13-10-14-26(23-25)41-32-19-8-5-15-27(32)28-21-22-34-35(37(28)41)30-17-6-9-20-33(30)42-34/h1-27H;1-27H;1-23H. The van der Waals surface area contributed by atoms with Crippen LogP contribution >= 0.6 is 34.0 Å². The lowest BCUT2D eigenvalue weighted by molar-refractivity contribution is 0.670. The van der Waals surface area contributed by atoms with Crippen molar-refractivity contribution in [1.29, 1.82) is 0 Å². The quantitative estimate of drug-likeness (QED) is 0.137. The lowest BCUT2D eigenvalue weighted by atomic mass is 9.95. The van der Waals surface area contributed by atoms with E-state index in [2.05, 4.69) is 444 Å². The molecule has 0 aliphatic heterocycles. The van der Waals surface area contributed by atoms with Gasteiger partial charge in [-0.1, -0.05) is 340 Å². The summed E-state index contributed by atoms with van der Waals surface area (Å²) in [7, 11) is 0. The first-order valence-corrected chi connectivity index (χ1v) is 49.2. The van der Waals surface area contributed by atoms with Gasteiger partial charge in [-0.15, -0.1) is 34.0 Å². The van der Waals surface area contributed by atoms with Crippen molar-refractivity contribution in [3.05, 3.63) is 467 Å². The predicted octanol–water partition coefficient (Wildman–Crippen LogP) is 36.9. The summed E-state index contributed by atoms with van der Waals surface area (Å²) in [5, 5.41) is 21.1. The fraction of sp³-hybridized carbons (Fsp3) is 0. The maximum absolute atomic E-state index is 6.62. The molecule has 0 N–H and O–H groups in total. The van der Waals surface area contributed by atoms with Gasteiger partial charge in [0.15, 0.2) is 5.82 Å². The Hall–Kier alpha value is -17.4. The molecule has 30 rings (SSSR count). The van der Waals surface area contributed by atoms with Crippen molar-refractivity contribution in [1.82, 2.24) is 23.7 Å². The predicted molar refractivity (Wildman–Crippen MR) is 587 cm³/mol.